The summed E-state index contributed by atoms with van der Waals surface area (Å²) >= 11 is 1.48. The molecule has 3 aliphatic heterocycles. The molecule has 3 fully saturated rings. The number of ketones is 1. The number of methoxy groups -OCH3 is 4. The molecule has 5 aromatic carbocycles. The van der Waals surface area contributed by atoms with E-state index in [-0.39, 0.29) is 58.5 Å². The Morgan fingerprint density at radius 3 is 1.27 bits per heavy atom. The first-order valence-corrected chi connectivity index (χ1v) is 28.5. The lowest BCUT2D eigenvalue weighted by atomic mass is 9.95. The van der Waals surface area contributed by atoms with Crippen LogP contribution in [0.5, 0.6) is 0 Å². The molecule has 0 aromatic heterocycles. The summed E-state index contributed by atoms with van der Waals surface area (Å²) in [6.45, 7) is 3.50. The highest BCUT2D eigenvalue weighted by molar-refractivity contribution is 7.99. The molecule has 5 aromatic rings. The van der Waals surface area contributed by atoms with E-state index in [2.05, 4.69) is 0 Å². The number of carbonyl (C=O) groups excluding carboxylic acids is 3. The zero-order chi connectivity index (χ0) is 57.6. The molecule has 0 amide bonds. The summed E-state index contributed by atoms with van der Waals surface area (Å²) in [6, 6.07) is 48.2. The van der Waals surface area contributed by atoms with Crippen molar-refractivity contribution in [3.63, 3.8) is 0 Å². The zero-order valence-corrected chi connectivity index (χ0v) is 48.0. The average molecular weight is 1150 g/mol. The van der Waals surface area contributed by atoms with Crippen molar-refractivity contribution in [3.05, 3.63) is 174 Å². The highest BCUT2D eigenvalue weighted by Crippen LogP contribution is 2.40. The molecule has 0 aliphatic carbocycles. The van der Waals surface area contributed by atoms with Crippen LogP contribution in [0.25, 0.3) is 0 Å². The Morgan fingerprint density at radius 1 is 0.439 bits per heavy atom. The molecule has 18 nitrogen and oxygen atoms in total. The van der Waals surface area contributed by atoms with E-state index in [1.54, 1.807) is 21.1 Å². The minimum Gasteiger partial charge on any atom is -0.456 e. The maximum absolute atomic E-state index is 13.6. The van der Waals surface area contributed by atoms with Gasteiger partial charge in [0.15, 0.2) is 24.8 Å². The molecule has 0 radical (unpaired) electrons. The molecule has 19 heteroatoms. The zero-order valence-electron chi connectivity index (χ0n) is 47.2. The topological polar surface area (TPSA) is 190 Å². The van der Waals surface area contributed by atoms with E-state index < -0.39 is 110 Å². The van der Waals surface area contributed by atoms with Crippen molar-refractivity contribution >= 4 is 29.5 Å². The third kappa shape index (κ3) is 17.6. The first kappa shape index (κ1) is 62.6. The van der Waals surface area contributed by atoms with Crippen LogP contribution in [0.15, 0.2) is 157 Å². The van der Waals surface area contributed by atoms with Gasteiger partial charge >= 0.3 is 11.9 Å². The average Bonchev–Trinajstić information content (AvgIpc) is 3.68. The maximum atomic E-state index is 13.6. The van der Waals surface area contributed by atoms with Gasteiger partial charge in [0.1, 0.15) is 78.7 Å². The van der Waals surface area contributed by atoms with E-state index in [0.29, 0.717) is 0 Å². The van der Waals surface area contributed by atoms with Crippen LogP contribution >= 0.6 is 11.8 Å². The molecule has 8 rings (SSSR count). The summed E-state index contributed by atoms with van der Waals surface area (Å²) in [6.07, 6.45) is -15.4. The van der Waals surface area contributed by atoms with Gasteiger partial charge in [-0.25, -0.2) is 0 Å². The van der Waals surface area contributed by atoms with Gasteiger partial charge in [0.05, 0.1) is 46.2 Å². The minimum absolute atomic E-state index is 0.0523. The SMILES string of the molecule is CCC(=O)CC(=O)O[C@H]1[C@H](OC)[C@@H](OCc2ccccc2)[C@@H](O[C@H]2[C@H](OC)[C@@H](OC(C)=O)[C@H](O[C@H]3[C@H](OC)[C@@H](OC)[C@@H](Sc4ccccc4)O[C@@H]3COCc3ccccc3)O[C@@H]2COCc2ccccc2)O[C@@H]1COCc1ccccc1. The molecule has 3 heterocycles. The van der Waals surface area contributed by atoms with Crippen molar-refractivity contribution in [3.8, 4) is 0 Å². The fourth-order valence-corrected chi connectivity index (χ4v) is 11.3. The summed E-state index contributed by atoms with van der Waals surface area (Å²) in [7, 11) is 6.08. The Morgan fingerprint density at radius 2 is 0.829 bits per heavy atom. The van der Waals surface area contributed by atoms with Gasteiger partial charge in [0.25, 0.3) is 0 Å². The van der Waals surface area contributed by atoms with E-state index in [9.17, 15) is 14.4 Å². The lowest BCUT2D eigenvalue weighted by Gasteiger charge is -2.51. The predicted octanol–water partition coefficient (Wildman–Crippen LogP) is 8.23. The lowest BCUT2D eigenvalue weighted by molar-refractivity contribution is -0.379. The Kier molecular flexibility index (Phi) is 24.8. The molecule has 442 valence electrons. The molecule has 0 bridgehead atoms. The van der Waals surface area contributed by atoms with Gasteiger partial charge in [-0.1, -0.05) is 158 Å². The summed E-state index contributed by atoms with van der Waals surface area (Å²) in [5, 5.41) is 0. The summed E-state index contributed by atoms with van der Waals surface area (Å²) < 4.78 is 98.5. The van der Waals surface area contributed by atoms with Crippen molar-refractivity contribution in [2.45, 2.75) is 149 Å². The second-order valence-electron chi connectivity index (χ2n) is 19.9. The monoisotopic (exact) mass is 1150 g/mol. The number of rotatable bonds is 30. The van der Waals surface area contributed by atoms with Crippen molar-refractivity contribution in [1.82, 2.24) is 0 Å². The van der Waals surface area contributed by atoms with Gasteiger partial charge in [-0.15, -0.1) is 0 Å². The molecule has 0 saturated carbocycles. The Balaban J connectivity index is 1.15. The third-order valence-corrected chi connectivity index (χ3v) is 15.4. The van der Waals surface area contributed by atoms with Crippen LogP contribution in [0, 0.1) is 0 Å². The van der Waals surface area contributed by atoms with E-state index in [4.69, 9.17) is 71.1 Å². The molecule has 15 atom stereocenters. The standard InChI is InChI=1S/C63H76O18S/c1-7-46(65)33-51(66)79-52-48(38-71-34-42-23-13-8-14-24-42)76-61(58(55(52)67-3)74-37-45-29-19-11-20-30-45)80-53-49(39-72-35-43-25-15-9-16-26-43)77-62(59(56(53)68-4)75-41(2)64)81-54-50(40-73-36-44-27-17-10-18-28-44)78-63(60(70-6)57(54)69-5)82-47-31-21-12-22-32-47/h8-32,48-50,52-63H,7,33-40H2,1-6H3/t48-,49-,50-,52-,53-,54-,55+,56+,57+,58-,59-,60-,61-,62+,63-/m1/s1. The number of hydrogen-bond acceptors (Lipinski definition) is 19. The predicted molar refractivity (Wildman–Crippen MR) is 300 cm³/mol. The van der Waals surface area contributed by atoms with Gasteiger partial charge in [0, 0.05) is 46.7 Å². The quantitative estimate of drug-likeness (QED) is 0.0315. The molecular formula is C63H76O18S. The number of ether oxygens (including phenoxy) is 15. The summed E-state index contributed by atoms with van der Waals surface area (Å²) in [5.41, 5.74) is 2.97. The van der Waals surface area contributed by atoms with E-state index in [0.717, 1.165) is 27.1 Å². The van der Waals surface area contributed by atoms with Crippen LogP contribution in [0.1, 0.15) is 48.9 Å². The van der Waals surface area contributed by atoms with Crippen LogP contribution in [0.4, 0.5) is 0 Å². The van der Waals surface area contributed by atoms with Crippen LogP contribution < -0.4 is 0 Å². The van der Waals surface area contributed by atoms with Crippen molar-refractivity contribution in [2.24, 2.45) is 0 Å². The van der Waals surface area contributed by atoms with Gasteiger partial charge in [0.2, 0.25) is 0 Å². The number of thioether (sulfide) groups is 1. The van der Waals surface area contributed by atoms with E-state index in [1.807, 2.05) is 152 Å². The number of Topliss-reactive ketones (excluding diaryl/α,β-unsaturated/α-hetero) is 1. The first-order chi connectivity index (χ1) is 40.1. The Bertz CT molecular complexity index is 2640. The second-order valence-corrected chi connectivity index (χ2v) is 21.1. The van der Waals surface area contributed by atoms with Crippen LogP contribution in [-0.4, -0.2) is 157 Å². The van der Waals surface area contributed by atoms with Gasteiger partial charge in [-0.3, -0.25) is 14.4 Å². The van der Waals surface area contributed by atoms with Crippen LogP contribution in [0.3, 0.4) is 0 Å². The van der Waals surface area contributed by atoms with Crippen molar-refractivity contribution in [2.75, 3.05) is 48.3 Å². The Hall–Kier alpha value is -5.46. The number of benzene rings is 5. The molecule has 0 spiro atoms. The van der Waals surface area contributed by atoms with Gasteiger partial charge in [-0.05, 0) is 34.4 Å². The fraction of sp³-hybridized carbons (Fsp3) is 0.476. The van der Waals surface area contributed by atoms with E-state index in [1.165, 1.54) is 32.9 Å². The molecule has 3 saturated heterocycles. The highest BCUT2D eigenvalue weighted by atomic mass is 32.2. The number of carbonyl (C=O) groups is 3. The lowest BCUT2D eigenvalue weighted by Crippen LogP contribution is -2.68. The maximum Gasteiger partial charge on any atom is 0.313 e. The third-order valence-electron chi connectivity index (χ3n) is 14.2. The second kappa shape index (κ2) is 32.6. The van der Waals surface area contributed by atoms with Crippen molar-refractivity contribution < 1.29 is 85.4 Å². The molecule has 0 N–H and O–H groups in total. The van der Waals surface area contributed by atoms with Crippen molar-refractivity contribution in [1.29, 1.82) is 0 Å². The molecule has 3 aliphatic rings. The largest absolute Gasteiger partial charge is 0.456 e. The van der Waals surface area contributed by atoms with E-state index >= 15 is 0 Å². The normalized spacial score (nSPS) is 28.2. The van der Waals surface area contributed by atoms with Crippen LogP contribution in [0.2, 0.25) is 0 Å². The summed E-state index contributed by atoms with van der Waals surface area (Å²) in [4.78, 5) is 40.6. The minimum atomic E-state index is -1.38. The van der Waals surface area contributed by atoms with Gasteiger partial charge < -0.3 is 71.1 Å². The fourth-order valence-electron chi connectivity index (χ4n) is 10.2. The first-order valence-electron chi connectivity index (χ1n) is 27.6. The molecular weight excluding hydrogens is 1080 g/mol. The van der Waals surface area contributed by atoms with Crippen LogP contribution in [-0.2, 0) is 112 Å². The number of hydrogen-bond donors (Lipinski definition) is 0. The smallest absolute Gasteiger partial charge is 0.313 e. The number of esters is 2. The van der Waals surface area contributed by atoms with Gasteiger partial charge in [-0.2, -0.15) is 0 Å². The Labute approximate surface area is 484 Å². The molecule has 82 heavy (non-hydrogen) atoms. The summed E-state index contributed by atoms with van der Waals surface area (Å²) in [5.74, 6) is -1.74. The highest BCUT2D eigenvalue weighted by Gasteiger charge is 2.57. The molecule has 0 unspecified atom stereocenters.